The Morgan fingerprint density at radius 2 is 2.03 bits per heavy atom. The fourth-order valence-electron chi connectivity index (χ4n) is 3.66. The highest BCUT2D eigenvalue weighted by Crippen LogP contribution is 2.34. The zero-order valence-electron chi connectivity index (χ0n) is 20.2. The molecule has 0 bridgehead atoms. The average molecular weight is 470 g/mol. The fourth-order valence-corrected chi connectivity index (χ4v) is 4.71. The molecule has 33 heavy (non-hydrogen) atoms. The molecule has 0 spiro atoms. The lowest BCUT2D eigenvalue weighted by atomic mass is 10.1. The Balaban J connectivity index is 1.74. The Bertz CT molecular complexity index is 1430. The maximum Gasteiger partial charge on any atom is 0.213 e. The minimum atomic E-state index is -3.65. The van der Waals surface area contributed by atoms with Crippen molar-refractivity contribution < 1.29 is 14.5 Å². The third-order valence-corrected chi connectivity index (χ3v) is 7.88. The van der Waals surface area contributed by atoms with E-state index in [2.05, 4.69) is 20.5 Å². The molecule has 4 N–H and O–H groups in total. The molecule has 0 aliphatic carbocycles. The van der Waals surface area contributed by atoms with E-state index in [1.54, 1.807) is 26.1 Å². The molecular weight excluding hydrogens is 440 g/mol. The molecule has 1 aromatic heterocycles. The summed E-state index contributed by atoms with van der Waals surface area (Å²) in [6, 6.07) is 8.52. The summed E-state index contributed by atoms with van der Waals surface area (Å²) in [5.41, 5.74) is 9.59. The highest BCUT2D eigenvalue weighted by atomic mass is 32.2. The standard InChI is InChI=1S/C23H28N6O3S/c1-14(2)33(30,31)17-7-9-21(32-5)19(13-17)23(24)25-11-10-22(26-23)29(4)16-6-8-18-15(3)27-28-20(18)12-16/h6-14,26H,24H2,1-5H3,(H,27,28)/i9D. The summed E-state index contributed by atoms with van der Waals surface area (Å²) in [7, 11) is -0.373. The molecule has 3 aromatic rings. The largest absolute Gasteiger partial charge is 0.496 e. The SMILES string of the molecule is [2H]c1cc(S(=O)(=O)C(C)C)cc(C2(N)N=CC=C(N(C)c3ccc4c(C)[nH]nc4c3)N2)c1OC. The van der Waals surface area contributed by atoms with Crippen LogP contribution in [-0.2, 0) is 15.6 Å². The predicted molar refractivity (Wildman–Crippen MR) is 130 cm³/mol. The Hall–Kier alpha value is -3.37. The molecule has 0 amide bonds. The number of nitrogens with zero attached hydrogens (tertiary/aromatic N) is 3. The number of methoxy groups -OCH3 is 1. The monoisotopic (exact) mass is 469 g/mol. The molecule has 0 saturated carbocycles. The maximum atomic E-state index is 12.8. The van der Waals surface area contributed by atoms with Crippen molar-refractivity contribution in [1.82, 2.24) is 15.5 Å². The van der Waals surface area contributed by atoms with E-state index in [1.165, 1.54) is 19.2 Å². The van der Waals surface area contributed by atoms with E-state index in [0.717, 1.165) is 22.3 Å². The number of benzene rings is 2. The lowest BCUT2D eigenvalue weighted by Crippen LogP contribution is -2.52. The van der Waals surface area contributed by atoms with Gasteiger partial charge < -0.3 is 15.0 Å². The number of rotatable bonds is 6. The number of nitrogens with one attached hydrogen (secondary N) is 2. The van der Waals surface area contributed by atoms with E-state index in [-0.39, 0.29) is 22.3 Å². The second-order valence-corrected chi connectivity index (χ2v) is 10.7. The van der Waals surface area contributed by atoms with Crippen LogP contribution in [0.3, 0.4) is 0 Å². The molecule has 2 aromatic carbocycles. The van der Waals surface area contributed by atoms with Crippen LogP contribution in [0.1, 0.15) is 26.5 Å². The Kier molecular flexibility index (Phi) is 5.34. The molecule has 0 fully saturated rings. The number of ether oxygens (including phenoxy) is 1. The van der Waals surface area contributed by atoms with Crippen molar-refractivity contribution in [3.8, 4) is 5.75 Å². The second kappa shape index (κ2) is 8.20. The number of nitrogens with two attached hydrogens (primary N) is 1. The van der Waals surface area contributed by atoms with Gasteiger partial charge in [0.1, 0.15) is 11.6 Å². The molecule has 9 nitrogen and oxygen atoms in total. The number of hydrogen-bond donors (Lipinski definition) is 3. The van der Waals surface area contributed by atoms with Gasteiger partial charge in [0.05, 0.1) is 29.7 Å². The molecular formula is C23H28N6O3S. The minimum absolute atomic E-state index is 0.00561. The summed E-state index contributed by atoms with van der Waals surface area (Å²) in [4.78, 5) is 6.27. The molecule has 10 heteroatoms. The van der Waals surface area contributed by atoms with Gasteiger partial charge in [0.25, 0.3) is 0 Å². The lowest BCUT2D eigenvalue weighted by molar-refractivity contribution is 0.351. The number of allylic oxidation sites excluding steroid dienone is 1. The van der Waals surface area contributed by atoms with E-state index in [0.29, 0.717) is 5.82 Å². The molecule has 174 valence electrons. The van der Waals surface area contributed by atoms with Gasteiger partial charge in [-0.15, -0.1) is 0 Å². The number of sulfone groups is 1. The normalized spacial score (nSPS) is 18.8. The first-order valence-corrected chi connectivity index (χ1v) is 12.0. The van der Waals surface area contributed by atoms with Crippen molar-refractivity contribution in [3.05, 3.63) is 59.5 Å². The van der Waals surface area contributed by atoms with Crippen molar-refractivity contribution in [3.63, 3.8) is 0 Å². The van der Waals surface area contributed by atoms with E-state index in [4.69, 9.17) is 11.8 Å². The molecule has 1 atom stereocenters. The van der Waals surface area contributed by atoms with E-state index >= 15 is 0 Å². The van der Waals surface area contributed by atoms with Crippen LogP contribution in [0.15, 0.2) is 58.2 Å². The number of hydrogen-bond acceptors (Lipinski definition) is 8. The smallest absolute Gasteiger partial charge is 0.213 e. The van der Waals surface area contributed by atoms with Gasteiger partial charge in [0.2, 0.25) is 5.79 Å². The van der Waals surface area contributed by atoms with Crippen LogP contribution >= 0.6 is 0 Å². The third-order valence-electron chi connectivity index (χ3n) is 5.75. The van der Waals surface area contributed by atoms with Crippen LogP contribution in [0.4, 0.5) is 5.69 Å². The Morgan fingerprint density at radius 1 is 1.27 bits per heavy atom. The van der Waals surface area contributed by atoms with Gasteiger partial charge in [-0.2, -0.15) is 5.10 Å². The summed E-state index contributed by atoms with van der Waals surface area (Å²) >= 11 is 0. The minimum Gasteiger partial charge on any atom is -0.496 e. The van der Waals surface area contributed by atoms with Gasteiger partial charge in [-0.05, 0) is 63.2 Å². The number of fused-ring (bicyclic) bond motifs is 1. The topological polar surface area (TPSA) is 126 Å². The van der Waals surface area contributed by atoms with E-state index < -0.39 is 20.9 Å². The lowest BCUT2D eigenvalue weighted by Gasteiger charge is -2.36. The zero-order valence-corrected chi connectivity index (χ0v) is 20.0. The van der Waals surface area contributed by atoms with Crippen LogP contribution in [0.5, 0.6) is 5.75 Å². The predicted octanol–water partition coefficient (Wildman–Crippen LogP) is 2.78. The molecule has 1 unspecified atom stereocenters. The first-order valence-electron chi connectivity index (χ1n) is 10.9. The van der Waals surface area contributed by atoms with Crippen molar-refractivity contribution in [2.45, 2.75) is 36.7 Å². The number of aliphatic imine (C=N–C) groups is 1. The summed E-state index contributed by atoms with van der Waals surface area (Å²) < 4.78 is 39.5. The third kappa shape index (κ3) is 3.96. The molecule has 1 aliphatic rings. The Morgan fingerprint density at radius 3 is 2.73 bits per heavy atom. The van der Waals surface area contributed by atoms with Crippen molar-refractivity contribution in [1.29, 1.82) is 0 Å². The maximum absolute atomic E-state index is 12.8. The van der Waals surface area contributed by atoms with Crippen LogP contribution in [0.25, 0.3) is 10.9 Å². The van der Waals surface area contributed by atoms with Crippen LogP contribution in [0, 0.1) is 6.92 Å². The summed E-state index contributed by atoms with van der Waals surface area (Å²) in [5, 5.41) is 10.9. The summed E-state index contributed by atoms with van der Waals surface area (Å²) in [5.74, 6) is -0.795. The number of aromatic amines is 1. The van der Waals surface area contributed by atoms with Crippen LogP contribution in [-0.4, -0.2) is 44.2 Å². The van der Waals surface area contributed by atoms with Gasteiger partial charge in [0, 0.05) is 30.0 Å². The first-order chi connectivity index (χ1) is 16.0. The fraction of sp³-hybridized carbons (Fsp3) is 0.304. The average Bonchev–Trinajstić information content (AvgIpc) is 3.17. The van der Waals surface area contributed by atoms with Crippen LogP contribution < -0.4 is 20.7 Å². The molecule has 4 rings (SSSR count). The number of aryl methyl sites for hydroxylation is 1. The summed E-state index contributed by atoms with van der Waals surface area (Å²) in [6.45, 7) is 5.14. The van der Waals surface area contributed by atoms with Gasteiger partial charge in [-0.3, -0.25) is 10.8 Å². The number of anilines is 1. The molecule has 0 radical (unpaired) electrons. The first kappa shape index (κ1) is 21.5. The van der Waals surface area contributed by atoms with Gasteiger partial charge in [-0.25, -0.2) is 13.4 Å². The second-order valence-electron chi connectivity index (χ2n) is 8.21. The van der Waals surface area contributed by atoms with Gasteiger partial charge in [0.15, 0.2) is 9.84 Å². The summed E-state index contributed by atoms with van der Waals surface area (Å²) in [6.07, 6.45) is 3.31. The highest BCUT2D eigenvalue weighted by Gasteiger charge is 2.34. The molecule has 0 saturated heterocycles. The Labute approximate surface area is 194 Å². The quantitative estimate of drug-likeness (QED) is 0.507. The van der Waals surface area contributed by atoms with Crippen molar-refractivity contribution in [2.75, 3.05) is 19.1 Å². The van der Waals surface area contributed by atoms with Gasteiger partial charge >= 0.3 is 0 Å². The molecule has 2 heterocycles. The van der Waals surface area contributed by atoms with Crippen LogP contribution in [0.2, 0.25) is 0 Å². The molecule has 1 aliphatic heterocycles. The van der Waals surface area contributed by atoms with E-state index in [1.807, 2.05) is 37.1 Å². The van der Waals surface area contributed by atoms with E-state index in [9.17, 15) is 8.42 Å². The zero-order chi connectivity index (χ0) is 24.8. The van der Waals surface area contributed by atoms with Crippen molar-refractivity contribution in [2.24, 2.45) is 10.7 Å². The highest BCUT2D eigenvalue weighted by molar-refractivity contribution is 7.92. The van der Waals surface area contributed by atoms with Gasteiger partial charge in [-0.1, -0.05) is 0 Å². The van der Waals surface area contributed by atoms with Crippen molar-refractivity contribution >= 4 is 32.6 Å². The number of H-pyrrole nitrogens is 1. The number of aromatic nitrogens is 2.